The number of hydrogen-bond acceptors (Lipinski definition) is 8. The van der Waals surface area contributed by atoms with Crippen LogP contribution in [0.25, 0.3) is 11.4 Å². The summed E-state index contributed by atoms with van der Waals surface area (Å²) in [5.41, 5.74) is 7.65. The summed E-state index contributed by atoms with van der Waals surface area (Å²) in [6, 6.07) is 12.0. The zero-order chi connectivity index (χ0) is 22.1. The van der Waals surface area contributed by atoms with Gasteiger partial charge in [-0.25, -0.2) is 18.4 Å². The predicted molar refractivity (Wildman–Crippen MR) is 119 cm³/mol. The summed E-state index contributed by atoms with van der Waals surface area (Å²) in [7, 11) is -3.74. The van der Waals surface area contributed by atoms with Gasteiger partial charge in [0.15, 0.2) is 15.7 Å². The van der Waals surface area contributed by atoms with E-state index in [0.29, 0.717) is 49.3 Å². The Kier molecular flexibility index (Phi) is 5.63. The molecule has 8 nitrogen and oxygen atoms in total. The molecule has 0 aliphatic carbocycles. The van der Waals surface area contributed by atoms with Gasteiger partial charge < -0.3 is 15.4 Å². The fraction of sp³-hybridized carbons (Fsp3) is 0.318. The molecule has 1 aliphatic heterocycles. The van der Waals surface area contributed by atoms with E-state index in [1.54, 1.807) is 32.0 Å². The number of benzene rings is 1. The third-order valence-electron chi connectivity index (χ3n) is 5.47. The smallest absolute Gasteiger partial charge is 0.189 e. The lowest BCUT2D eigenvalue weighted by molar-refractivity contribution is 0.122. The summed E-state index contributed by atoms with van der Waals surface area (Å²) in [6.45, 7) is 5.87. The van der Waals surface area contributed by atoms with Crippen LogP contribution in [0.5, 0.6) is 0 Å². The summed E-state index contributed by atoms with van der Waals surface area (Å²) in [5, 5.41) is 0. The van der Waals surface area contributed by atoms with Gasteiger partial charge in [-0.3, -0.25) is 4.98 Å². The van der Waals surface area contributed by atoms with Crippen molar-refractivity contribution in [2.45, 2.75) is 23.5 Å². The van der Waals surface area contributed by atoms with Crippen molar-refractivity contribution in [3.63, 3.8) is 0 Å². The molecule has 162 valence electrons. The molecule has 3 aromatic rings. The minimum Gasteiger partial charge on any atom is -0.399 e. The first-order chi connectivity index (χ1) is 14.8. The van der Waals surface area contributed by atoms with Gasteiger partial charge in [-0.2, -0.15) is 0 Å². The topological polar surface area (TPSA) is 111 Å². The fourth-order valence-corrected chi connectivity index (χ4v) is 4.86. The maximum atomic E-state index is 13.5. The van der Waals surface area contributed by atoms with Gasteiger partial charge in [0.2, 0.25) is 0 Å². The summed E-state index contributed by atoms with van der Waals surface area (Å²) in [6.07, 6.45) is 2.95. The van der Waals surface area contributed by atoms with Crippen LogP contribution in [0.2, 0.25) is 0 Å². The van der Waals surface area contributed by atoms with Gasteiger partial charge in [-0.05, 0) is 50.2 Å². The molecular weight excluding hydrogens is 414 g/mol. The van der Waals surface area contributed by atoms with E-state index in [9.17, 15) is 8.42 Å². The molecule has 0 saturated carbocycles. The fourth-order valence-electron chi connectivity index (χ4n) is 3.41. The Labute approximate surface area is 182 Å². The van der Waals surface area contributed by atoms with Crippen molar-refractivity contribution in [3.8, 4) is 11.4 Å². The molecule has 0 spiro atoms. The number of nitrogen functional groups attached to an aromatic ring is 1. The highest BCUT2D eigenvalue weighted by Crippen LogP contribution is 2.36. The number of anilines is 2. The van der Waals surface area contributed by atoms with E-state index in [0.717, 1.165) is 5.56 Å². The van der Waals surface area contributed by atoms with Crippen molar-refractivity contribution in [2.24, 2.45) is 0 Å². The number of hydrogen-bond donors (Lipinski definition) is 1. The van der Waals surface area contributed by atoms with Crippen LogP contribution in [0, 0.1) is 0 Å². The van der Waals surface area contributed by atoms with Crippen molar-refractivity contribution < 1.29 is 13.2 Å². The second-order valence-electron chi connectivity index (χ2n) is 7.85. The molecule has 3 heterocycles. The number of nitrogens with two attached hydrogens (primary N) is 1. The molecule has 0 atom stereocenters. The summed E-state index contributed by atoms with van der Waals surface area (Å²) >= 11 is 0. The molecule has 0 radical (unpaired) electrons. The number of sulfone groups is 1. The Balaban J connectivity index is 1.85. The van der Waals surface area contributed by atoms with E-state index >= 15 is 0 Å². The van der Waals surface area contributed by atoms with Gasteiger partial charge in [0.25, 0.3) is 0 Å². The first kappa shape index (κ1) is 21.2. The van der Waals surface area contributed by atoms with Crippen LogP contribution in [0.3, 0.4) is 0 Å². The van der Waals surface area contributed by atoms with Gasteiger partial charge >= 0.3 is 0 Å². The standard InChI is InChI=1S/C22H25N5O3S/c1-22(2,31(28,29)18-7-9-24-10-8-18)19-15-20(27-11-13-30-14-12-27)26-21(25-19)16-3-5-17(23)6-4-16/h3-10,15H,11-14,23H2,1-2H3. The molecule has 1 fully saturated rings. The SMILES string of the molecule is CC(C)(c1cc(N2CCOCC2)nc(-c2ccc(N)cc2)n1)S(=O)(=O)c1ccncc1. The normalized spacial score (nSPS) is 15.1. The highest BCUT2D eigenvalue weighted by molar-refractivity contribution is 7.92. The van der Waals surface area contributed by atoms with Gasteiger partial charge in [0.1, 0.15) is 10.6 Å². The third kappa shape index (κ3) is 4.11. The number of nitrogens with zero attached hydrogens (tertiary/aromatic N) is 4. The van der Waals surface area contributed by atoms with Crippen LogP contribution in [0.1, 0.15) is 19.5 Å². The monoisotopic (exact) mass is 439 g/mol. The van der Waals surface area contributed by atoms with Crippen molar-refractivity contribution in [3.05, 3.63) is 60.6 Å². The molecular formula is C22H25N5O3S. The summed E-state index contributed by atoms with van der Waals surface area (Å²) < 4.78 is 31.2. The van der Waals surface area contributed by atoms with Crippen LogP contribution < -0.4 is 10.6 Å². The zero-order valence-electron chi connectivity index (χ0n) is 17.5. The van der Waals surface area contributed by atoms with Crippen LogP contribution >= 0.6 is 0 Å². The highest BCUT2D eigenvalue weighted by atomic mass is 32.2. The number of ether oxygens (including phenoxy) is 1. The van der Waals surface area contributed by atoms with Crippen molar-refractivity contribution in [1.82, 2.24) is 15.0 Å². The zero-order valence-corrected chi connectivity index (χ0v) is 18.3. The second-order valence-corrected chi connectivity index (χ2v) is 10.4. The van der Waals surface area contributed by atoms with Crippen LogP contribution in [0.4, 0.5) is 11.5 Å². The third-order valence-corrected chi connectivity index (χ3v) is 7.91. The molecule has 1 aliphatic rings. The number of rotatable bonds is 5. The Bertz CT molecular complexity index is 1160. The quantitative estimate of drug-likeness (QED) is 0.604. The molecule has 0 bridgehead atoms. The Morgan fingerprint density at radius 2 is 1.65 bits per heavy atom. The molecule has 1 aromatic carbocycles. The molecule has 9 heteroatoms. The maximum Gasteiger partial charge on any atom is 0.189 e. The highest BCUT2D eigenvalue weighted by Gasteiger charge is 2.40. The van der Waals surface area contributed by atoms with Gasteiger partial charge in [0, 0.05) is 42.8 Å². The average molecular weight is 440 g/mol. The van der Waals surface area contributed by atoms with E-state index in [1.165, 1.54) is 24.5 Å². The Morgan fingerprint density at radius 3 is 2.29 bits per heavy atom. The minimum atomic E-state index is -3.74. The van der Waals surface area contributed by atoms with Crippen LogP contribution in [0.15, 0.2) is 59.8 Å². The molecule has 4 rings (SSSR count). The molecule has 31 heavy (non-hydrogen) atoms. The van der Waals surface area contributed by atoms with Gasteiger partial charge in [-0.15, -0.1) is 0 Å². The second kappa shape index (κ2) is 8.24. The summed E-state index contributed by atoms with van der Waals surface area (Å²) in [5.74, 6) is 1.13. The minimum absolute atomic E-state index is 0.202. The first-order valence-electron chi connectivity index (χ1n) is 10.0. The Hall–Kier alpha value is -3.04. The molecule has 0 unspecified atom stereocenters. The van der Waals surface area contributed by atoms with Crippen molar-refractivity contribution in [2.75, 3.05) is 36.9 Å². The maximum absolute atomic E-state index is 13.5. The van der Waals surface area contributed by atoms with E-state index in [4.69, 9.17) is 15.5 Å². The van der Waals surface area contributed by atoms with Crippen molar-refractivity contribution >= 4 is 21.3 Å². The summed E-state index contributed by atoms with van der Waals surface area (Å²) in [4.78, 5) is 15.6. The van der Waals surface area contributed by atoms with Crippen LogP contribution in [-0.2, 0) is 19.3 Å². The van der Waals surface area contributed by atoms with E-state index in [-0.39, 0.29) is 4.90 Å². The lowest BCUT2D eigenvalue weighted by Gasteiger charge is -2.30. The van der Waals surface area contributed by atoms with E-state index in [1.807, 2.05) is 12.1 Å². The lowest BCUT2D eigenvalue weighted by Crippen LogP contribution is -2.37. The molecule has 2 N–H and O–H groups in total. The van der Waals surface area contributed by atoms with Gasteiger partial charge in [-0.1, -0.05) is 0 Å². The largest absolute Gasteiger partial charge is 0.399 e. The van der Waals surface area contributed by atoms with E-state index in [2.05, 4.69) is 14.9 Å². The Morgan fingerprint density at radius 1 is 1.00 bits per heavy atom. The lowest BCUT2D eigenvalue weighted by atomic mass is 10.1. The average Bonchev–Trinajstić information content (AvgIpc) is 2.80. The number of pyridine rings is 1. The molecule has 0 amide bonds. The van der Waals surface area contributed by atoms with E-state index < -0.39 is 14.6 Å². The number of aromatic nitrogens is 3. The molecule has 1 saturated heterocycles. The number of morpholine rings is 1. The first-order valence-corrected chi connectivity index (χ1v) is 11.5. The van der Waals surface area contributed by atoms with Gasteiger partial charge in [0.05, 0.1) is 23.8 Å². The van der Waals surface area contributed by atoms with Crippen LogP contribution in [-0.4, -0.2) is 49.7 Å². The predicted octanol–water partition coefficient (Wildman–Crippen LogP) is 2.67. The van der Waals surface area contributed by atoms with Crippen molar-refractivity contribution in [1.29, 1.82) is 0 Å². The molecule has 2 aromatic heterocycles.